The maximum absolute atomic E-state index is 11.9. The summed E-state index contributed by atoms with van der Waals surface area (Å²) in [7, 11) is 0. The van der Waals surface area contributed by atoms with E-state index < -0.39 is 18.0 Å². The van der Waals surface area contributed by atoms with Crippen LogP contribution >= 0.6 is 11.3 Å². The molecule has 0 fully saturated rings. The van der Waals surface area contributed by atoms with Crippen LogP contribution in [0.25, 0.3) is 0 Å². The Labute approximate surface area is 121 Å². The van der Waals surface area contributed by atoms with Crippen LogP contribution in [-0.2, 0) is 11.2 Å². The van der Waals surface area contributed by atoms with E-state index in [0.29, 0.717) is 0 Å². The molecule has 3 N–H and O–H groups in total. The quantitative estimate of drug-likeness (QED) is 0.742. The fraction of sp³-hybridized carbons (Fsp3) is 0.429. The van der Waals surface area contributed by atoms with E-state index in [4.69, 9.17) is 11.5 Å². The lowest BCUT2D eigenvalue weighted by molar-refractivity contribution is -0.139. The van der Waals surface area contributed by atoms with Gasteiger partial charge in [0.1, 0.15) is 6.04 Å². The summed E-state index contributed by atoms with van der Waals surface area (Å²) in [4.78, 5) is 24.1. The number of thiophene rings is 1. The zero-order chi connectivity index (χ0) is 14.5. The van der Waals surface area contributed by atoms with E-state index in [1.807, 2.05) is 11.4 Å². The average molecular weight is 292 g/mol. The number of hydrogen-bond acceptors (Lipinski definition) is 3. The van der Waals surface area contributed by atoms with E-state index in [1.165, 1.54) is 4.88 Å². The van der Waals surface area contributed by atoms with Crippen LogP contribution in [0, 0.1) is 12.3 Å². The van der Waals surface area contributed by atoms with Gasteiger partial charge >= 0.3 is 12.0 Å². The van der Waals surface area contributed by atoms with Gasteiger partial charge in [0.05, 0.1) is 6.04 Å². The van der Waals surface area contributed by atoms with E-state index in [1.54, 1.807) is 11.3 Å². The normalized spacial score (nSPS) is 18.4. The second-order valence-corrected chi connectivity index (χ2v) is 5.66. The fourth-order valence-corrected chi connectivity index (χ4v) is 3.30. The van der Waals surface area contributed by atoms with Crippen molar-refractivity contribution in [1.82, 2.24) is 10.6 Å². The second kappa shape index (κ2) is 6.44. The Bertz CT molecular complexity index is 547. The van der Waals surface area contributed by atoms with Gasteiger partial charge in [-0.3, -0.25) is 0 Å². The molecule has 2 rings (SSSR count). The molecule has 1 aromatic rings. The van der Waals surface area contributed by atoms with Gasteiger partial charge in [-0.1, -0.05) is 0 Å². The minimum atomic E-state index is -1.13. The van der Waals surface area contributed by atoms with Crippen LogP contribution in [0.4, 0.5) is 4.79 Å². The van der Waals surface area contributed by atoms with Gasteiger partial charge in [0.25, 0.3) is 0 Å². The molecule has 0 aliphatic heterocycles. The number of rotatable bonds is 4. The lowest BCUT2D eigenvalue weighted by Gasteiger charge is -2.24. The molecule has 0 saturated heterocycles. The molecule has 1 aliphatic carbocycles. The first kappa shape index (κ1) is 14.4. The molecular formula is C14H16N2O3S. The zero-order valence-corrected chi connectivity index (χ0v) is 11.7. The topological polar surface area (TPSA) is 78.4 Å². The highest BCUT2D eigenvalue weighted by Crippen LogP contribution is 2.33. The molecule has 0 spiro atoms. The Balaban J connectivity index is 1.96. The molecule has 0 bridgehead atoms. The molecular weight excluding hydrogens is 276 g/mol. The molecule has 0 aromatic carbocycles. The van der Waals surface area contributed by atoms with Crippen molar-refractivity contribution in [3.63, 3.8) is 0 Å². The highest BCUT2D eigenvalue weighted by Gasteiger charge is 2.25. The number of carbonyl (C=O) groups is 2. The number of aryl methyl sites for hydroxylation is 1. The second-order valence-electron chi connectivity index (χ2n) is 4.66. The number of aliphatic carboxylic acids is 1. The van der Waals surface area contributed by atoms with Crippen molar-refractivity contribution in [2.45, 2.75) is 37.8 Å². The van der Waals surface area contributed by atoms with Crippen LogP contribution in [0.5, 0.6) is 0 Å². The van der Waals surface area contributed by atoms with Crippen molar-refractivity contribution >= 4 is 23.3 Å². The van der Waals surface area contributed by atoms with Crippen LogP contribution in [0.1, 0.15) is 35.7 Å². The van der Waals surface area contributed by atoms with Gasteiger partial charge in [-0.05, 0) is 36.3 Å². The number of carboxylic acids is 1. The monoisotopic (exact) mass is 292 g/mol. The summed E-state index contributed by atoms with van der Waals surface area (Å²) in [6, 6.07) is 0.424. The summed E-state index contributed by atoms with van der Waals surface area (Å²) < 4.78 is 0. The summed E-state index contributed by atoms with van der Waals surface area (Å²) in [5.41, 5.74) is 1.14. The van der Waals surface area contributed by atoms with E-state index in [0.717, 1.165) is 24.8 Å². The van der Waals surface area contributed by atoms with Gasteiger partial charge in [0, 0.05) is 11.3 Å². The summed E-state index contributed by atoms with van der Waals surface area (Å²) in [5, 5.41) is 16.2. The van der Waals surface area contributed by atoms with Gasteiger partial charge in [0.15, 0.2) is 0 Å². The maximum atomic E-state index is 11.9. The number of nitrogens with one attached hydrogen (secondary N) is 2. The van der Waals surface area contributed by atoms with Crippen LogP contribution in [-0.4, -0.2) is 23.1 Å². The molecule has 0 saturated carbocycles. The van der Waals surface area contributed by atoms with Gasteiger partial charge in [-0.25, -0.2) is 9.59 Å². The summed E-state index contributed by atoms with van der Waals surface area (Å²) in [6.07, 6.45) is 7.99. The van der Waals surface area contributed by atoms with Gasteiger partial charge in [-0.2, -0.15) is 0 Å². The Morgan fingerprint density at radius 1 is 1.60 bits per heavy atom. The number of fused-ring (bicyclic) bond motifs is 1. The zero-order valence-electron chi connectivity index (χ0n) is 10.9. The molecule has 2 atom stereocenters. The molecule has 2 amide bonds. The van der Waals surface area contributed by atoms with E-state index in [9.17, 15) is 9.59 Å². The van der Waals surface area contributed by atoms with Crippen molar-refractivity contribution in [2.24, 2.45) is 0 Å². The lowest BCUT2D eigenvalue weighted by Crippen LogP contribution is -2.47. The van der Waals surface area contributed by atoms with Gasteiger partial charge in [0.2, 0.25) is 0 Å². The number of terminal acetylenes is 1. The first-order valence-electron chi connectivity index (χ1n) is 6.41. The third-order valence-electron chi connectivity index (χ3n) is 3.28. The van der Waals surface area contributed by atoms with E-state index in [-0.39, 0.29) is 12.5 Å². The van der Waals surface area contributed by atoms with Crippen LogP contribution < -0.4 is 10.6 Å². The molecule has 6 heteroatoms. The number of carbonyl (C=O) groups excluding carboxylic acids is 1. The number of hydrogen-bond donors (Lipinski definition) is 3. The largest absolute Gasteiger partial charge is 0.480 e. The Morgan fingerprint density at radius 2 is 2.40 bits per heavy atom. The van der Waals surface area contributed by atoms with Gasteiger partial charge < -0.3 is 15.7 Å². The molecule has 1 aliphatic rings. The third-order valence-corrected chi connectivity index (χ3v) is 4.28. The summed E-state index contributed by atoms with van der Waals surface area (Å²) in [5.74, 6) is 1.12. The molecule has 106 valence electrons. The Kier molecular flexibility index (Phi) is 4.64. The first-order valence-corrected chi connectivity index (χ1v) is 7.29. The molecule has 0 radical (unpaired) electrons. The minimum absolute atomic E-state index is 0.0306. The van der Waals surface area contributed by atoms with E-state index in [2.05, 4.69) is 16.6 Å². The fourth-order valence-electron chi connectivity index (χ4n) is 2.31. The van der Waals surface area contributed by atoms with Crippen molar-refractivity contribution in [2.75, 3.05) is 0 Å². The van der Waals surface area contributed by atoms with Crippen molar-refractivity contribution in [1.29, 1.82) is 0 Å². The highest BCUT2D eigenvalue weighted by atomic mass is 32.1. The average Bonchev–Trinajstić information content (AvgIpc) is 2.87. The molecule has 1 aromatic heterocycles. The smallest absolute Gasteiger partial charge is 0.327 e. The SMILES string of the molecule is C#CCC(NC(=O)NC1CCCc2sccc21)C(=O)O. The number of urea groups is 1. The first-order chi connectivity index (χ1) is 9.61. The Morgan fingerprint density at radius 3 is 3.10 bits per heavy atom. The minimum Gasteiger partial charge on any atom is -0.480 e. The highest BCUT2D eigenvalue weighted by molar-refractivity contribution is 7.10. The molecule has 2 unspecified atom stereocenters. The molecule has 5 nitrogen and oxygen atoms in total. The standard InChI is InChI=1S/C14H16N2O3S/c1-2-4-11(13(17)18)16-14(19)15-10-5-3-6-12-9(10)7-8-20-12/h1,7-8,10-11H,3-6H2,(H,17,18)(H2,15,16,19). The van der Waals surface area contributed by atoms with Crippen molar-refractivity contribution < 1.29 is 14.7 Å². The van der Waals surface area contributed by atoms with Crippen molar-refractivity contribution in [3.05, 3.63) is 21.9 Å². The van der Waals surface area contributed by atoms with Gasteiger partial charge in [-0.15, -0.1) is 23.7 Å². The van der Waals surface area contributed by atoms with Crippen LogP contribution in [0.2, 0.25) is 0 Å². The predicted octanol–water partition coefficient (Wildman–Crippen LogP) is 1.90. The van der Waals surface area contributed by atoms with Crippen LogP contribution in [0.3, 0.4) is 0 Å². The third kappa shape index (κ3) is 3.31. The molecule has 20 heavy (non-hydrogen) atoms. The van der Waals surface area contributed by atoms with Crippen molar-refractivity contribution in [3.8, 4) is 12.3 Å². The lowest BCUT2D eigenvalue weighted by atomic mass is 9.94. The summed E-state index contributed by atoms with van der Waals surface area (Å²) >= 11 is 1.69. The summed E-state index contributed by atoms with van der Waals surface area (Å²) in [6.45, 7) is 0. The number of amides is 2. The maximum Gasteiger partial charge on any atom is 0.327 e. The predicted molar refractivity (Wildman–Crippen MR) is 76.5 cm³/mol. The Hall–Kier alpha value is -2.00. The number of carboxylic acid groups (broad SMARTS) is 1. The van der Waals surface area contributed by atoms with E-state index >= 15 is 0 Å². The molecule has 1 heterocycles. The van der Waals surface area contributed by atoms with Crippen LogP contribution in [0.15, 0.2) is 11.4 Å².